The molecule has 30 heavy (non-hydrogen) atoms. The summed E-state index contributed by atoms with van der Waals surface area (Å²) >= 11 is 3.95. The summed E-state index contributed by atoms with van der Waals surface area (Å²) in [6.07, 6.45) is 0.788. The Morgan fingerprint density at radius 1 is 1.07 bits per heavy atom. The van der Waals surface area contributed by atoms with Crippen LogP contribution in [0.25, 0.3) is 0 Å². The molecule has 0 saturated heterocycles. The second kappa shape index (κ2) is 14.4. The van der Waals surface area contributed by atoms with E-state index in [9.17, 15) is 24.3 Å². The van der Waals surface area contributed by atoms with Gasteiger partial charge in [-0.25, -0.2) is 4.79 Å². The van der Waals surface area contributed by atoms with E-state index in [0.29, 0.717) is 12.8 Å². The number of carbonyl (C=O) groups is 4. The maximum absolute atomic E-state index is 12.4. The minimum Gasteiger partial charge on any atom is -0.480 e. The Bertz CT molecular complexity index is 626. The molecule has 0 bridgehead atoms. The van der Waals surface area contributed by atoms with Crippen molar-refractivity contribution < 1.29 is 24.3 Å². The molecule has 3 atom stereocenters. The number of aliphatic imine (C=N–C) groups is 1. The quantitative estimate of drug-likeness (QED) is 0.0615. The molecule has 3 amide bonds. The van der Waals surface area contributed by atoms with Crippen molar-refractivity contribution in [2.75, 3.05) is 18.8 Å². The number of thiol groups is 1. The predicted molar refractivity (Wildman–Crippen MR) is 116 cm³/mol. The first kappa shape index (κ1) is 27.5. The van der Waals surface area contributed by atoms with E-state index in [0.717, 1.165) is 0 Å². The number of carbonyl (C=O) groups excluding carboxylic acids is 3. The van der Waals surface area contributed by atoms with Gasteiger partial charge in [-0.05, 0) is 25.2 Å². The standard InChI is InChI=1S/C17H33N7O5S/c1-9(2)6-12(24-14(26)10(18)8-30)15(27)22-7-13(25)23-11(16(28)29)4-3-5-21-17(19)20/h9-12,30H,3-8,18H2,1-2H3,(H,22,27)(H,23,25)(H,24,26)(H,28,29)(H4,19,20,21). The van der Waals surface area contributed by atoms with E-state index in [1.165, 1.54) is 0 Å². The molecule has 0 radical (unpaired) electrons. The molecule has 0 rings (SSSR count). The van der Waals surface area contributed by atoms with Crippen molar-refractivity contribution >= 4 is 42.3 Å². The Balaban J connectivity index is 4.72. The van der Waals surface area contributed by atoms with E-state index in [2.05, 4.69) is 33.6 Å². The van der Waals surface area contributed by atoms with Crippen molar-refractivity contribution in [2.24, 2.45) is 28.1 Å². The average molecular weight is 448 g/mol. The summed E-state index contributed by atoms with van der Waals surface area (Å²) in [5, 5.41) is 16.5. The third kappa shape index (κ3) is 12.1. The fraction of sp³-hybridized carbons (Fsp3) is 0.706. The maximum atomic E-state index is 12.4. The van der Waals surface area contributed by atoms with E-state index in [1.807, 2.05) is 13.8 Å². The first-order valence-electron chi connectivity index (χ1n) is 9.50. The van der Waals surface area contributed by atoms with Crippen LogP contribution in [0.15, 0.2) is 4.99 Å². The number of hydrogen-bond acceptors (Lipinski definition) is 7. The van der Waals surface area contributed by atoms with E-state index in [1.54, 1.807) is 0 Å². The van der Waals surface area contributed by atoms with Gasteiger partial charge in [0.05, 0.1) is 12.6 Å². The highest BCUT2D eigenvalue weighted by molar-refractivity contribution is 7.80. The van der Waals surface area contributed by atoms with Crippen LogP contribution in [-0.2, 0) is 19.2 Å². The van der Waals surface area contributed by atoms with Crippen molar-refractivity contribution in [1.29, 1.82) is 0 Å². The third-order valence-corrected chi connectivity index (χ3v) is 4.27. The summed E-state index contributed by atoms with van der Waals surface area (Å²) < 4.78 is 0. The fourth-order valence-corrected chi connectivity index (χ4v) is 2.53. The van der Waals surface area contributed by atoms with Crippen molar-refractivity contribution in [1.82, 2.24) is 16.0 Å². The van der Waals surface area contributed by atoms with Crippen LogP contribution in [0, 0.1) is 5.92 Å². The van der Waals surface area contributed by atoms with E-state index < -0.39 is 48.4 Å². The smallest absolute Gasteiger partial charge is 0.326 e. The van der Waals surface area contributed by atoms with Crippen LogP contribution in [0.1, 0.15) is 33.1 Å². The highest BCUT2D eigenvalue weighted by Gasteiger charge is 2.25. The van der Waals surface area contributed by atoms with Gasteiger partial charge in [0.25, 0.3) is 0 Å². The summed E-state index contributed by atoms with van der Waals surface area (Å²) in [6.45, 7) is 3.53. The van der Waals surface area contributed by atoms with Crippen molar-refractivity contribution in [3.05, 3.63) is 0 Å². The van der Waals surface area contributed by atoms with Gasteiger partial charge in [0, 0.05) is 12.3 Å². The van der Waals surface area contributed by atoms with E-state index in [4.69, 9.17) is 17.2 Å². The Morgan fingerprint density at radius 3 is 2.20 bits per heavy atom. The lowest BCUT2D eigenvalue weighted by Crippen LogP contribution is -2.54. The Morgan fingerprint density at radius 2 is 1.70 bits per heavy atom. The number of amides is 3. The van der Waals surface area contributed by atoms with Gasteiger partial charge in [0.2, 0.25) is 17.7 Å². The Labute approximate surface area is 181 Å². The number of nitrogens with one attached hydrogen (secondary N) is 3. The normalized spacial score (nSPS) is 13.6. The lowest BCUT2D eigenvalue weighted by Gasteiger charge is -2.22. The zero-order chi connectivity index (χ0) is 23.3. The van der Waals surface area contributed by atoms with Crippen molar-refractivity contribution in [3.8, 4) is 0 Å². The van der Waals surface area contributed by atoms with Gasteiger partial charge in [0.1, 0.15) is 12.1 Å². The van der Waals surface area contributed by atoms with Gasteiger partial charge >= 0.3 is 5.97 Å². The SMILES string of the molecule is CC(C)CC(NC(=O)C(N)CS)C(=O)NCC(=O)NC(CCCN=C(N)N)C(=O)O. The largest absolute Gasteiger partial charge is 0.480 e. The lowest BCUT2D eigenvalue weighted by atomic mass is 10.0. The molecule has 13 heteroatoms. The van der Waals surface area contributed by atoms with Crippen LogP contribution in [0.4, 0.5) is 0 Å². The molecule has 3 unspecified atom stereocenters. The molecular formula is C17H33N7O5S. The van der Waals surface area contributed by atoms with Crippen molar-refractivity contribution in [2.45, 2.75) is 51.2 Å². The summed E-state index contributed by atoms with van der Waals surface area (Å²) in [6, 6.07) is -2.90. The van der Waals surface area contributed by atoms with Gasteiger partial charge in [-0.3, -0.25) is 19.4 Å². The van der Waals surface area contributed by atoms with Gasteiger partial charge < -0.3 is 38.3 Å². The Kier molecular flexibility index (Phi) is 13.2. The minimum atomic E-state index is -1.22. The highest BCUT2D eigenvalue weighted by Crippen LogP contribution is 2.05. The van der Waals surface area contributed by atoms with Gasteiger partial charge in [-0.15, -0.1) is 0 Å². The van der Waals surface area contributed by atoms with E-state index >= 15 is 0 Å². The molecule has 0 aromatic rings. The number of nitrogens with two attached hydrogens (primary N) is 3. The zero-order valence-corrected chi connectivity index (χ0v) is 18.2. The number of carboxylic acid groups (broad SMARTS) is 1. The molecule has 12 nitrogen and oxygen atoms in total. The average Bonchev–Trinajstić information content (AvgIpc) is 2.66. The number of aliphatic carboxylic acids is 1. The molecule has 0 aromatic heterocycles. The number of carboxylic acids is 1. The van der Waals surface area contributed by atoms with Gasteiger partial charge in [-0.2, -0.15) is 12.6 Å². The predicted octanol–water partition coefficient (Wildman–Crippen LogP) is -2.49. The number of nitrogens with zero attached hydrogens (tertiary/aromatic N) is 1. The summed E-state index contributed by atoms with van der Waals surface area (Å²) in [5.74, 6) is -2.90. The highest BCUT2D eigenvalue weighted by atomic mass is 32.1. The van der Waals surface area contributed by atoms with Crippen LogP contribution < -0.4 is 33.2 Å². The molecule has 0 aliphatic rings. The topological polar surface area (TPSA) is 215 Å². The molecule has 0 aliphatic heterocycles. The second-order valence-electron chi connectivity index (χ2n) is 7.10. The van der Waals surface area contributed by atoms with Gasteiger partial charge in [-0.1, -0.05) is 13.8 Å². The van der Waals surface area contributed by atoms with Crippen molar-refractivity contribution in [3.63, 3.8) is 0 Å². The molecular weight excluding hydrogens is 414 g/mol. The van der Waals surface area contributed by atoms with Crippen LogP contribution in [0.2, 0.25) is 0 Å². The molecule has 0 heterocycles. The Hall–Kier alpha value is -2.54. The maximum Gasteiger partial charge on any atom is 0.326 e. The first-order valence-corrected chi connectivity index (χ1v) is 10.1. The molecule has 0 fully saturated rings. The summed E-state index contributed by atoms with van der Waals surface area (Å²) in [5.41, 5.74) is 16.0. The summed E-state index contributed by atoms with van der Waals surface area (Å²) in [4.78, 5) is 51.4. The summed E-state index contributed by atoms with van der Waals surface area (Å²) in [7, 11) is 0. The minimum absolute atomic E-state index is 0.0868. The second-order valence-corrected chi connectivity index (χ2v) is 7.47. The third-order valence-electron chi connectivity index (χ3n) is 3.88. The molecule has 0 aliphatic carbocycles. The lowest BCUT2D eigenvalue weighted by molar-refractivity contribution is -0.142. The van der Waals surface area contributed by atoms with Crippen LogP contribution in [0.5, 0.6) is 0 Å². The van der Waals surface area contributed by atoms with E-state index in [-0.39, 0.29) is 30.6 Å². The van der Waals surface area contributed by atoms with Crippen LogP contribution >= 0.6 is 12.6 Å². The number of hydrogen-bond donors (Lipinski definition) is 8. The number of guanidine groups is 1. The zero-order valence-electron chi connectivity index (χ0n) is 17.3. The number of rotatable bonds is 14. The van der Waals surface area contributed by atoms with Gasteiger partial charge in [0.15, 0.2) is 5.96 Å². The molecule has 172 valence electrons. The van der Waals surface area contributed by atoms with Crippen LogP contribution in [-0.4, -0.2) is 71.7 Å². The molecule has 0 saturated carbocycles. The first-order chi connectivity index (χ1) is 14.0. The molecule has 10 N–H and O–H groups in total. The van der Waals surface area contributed by atoms with Crippen LogP contribution in [0.3, 0.4) is 0 Å². The fourth-order valence-electron chi connectivity index (χ4n) is 2.36. The molecule has 0 aromatic carbocycles. The molecule has 0 spiro atoms. The monoisotopic (exact) mass is 447 g/mol.